The van der Waals surface area contributed by atoms with Crippen molar-refractivity contribution in [3.05, 3.63) is 42.1 Å². The monoisotopic (exact) mass is 370 g/mol. The molecule has 0 saturated carbocycles. The summed E-state index contributed by atoms with van der Waals surface area (Å²) < 4.78 is 5.21. The summed E-state index contributed by atoms with van der Waals surface area (Å²) in [6.45, 7) is 8.96. The molecule has 7 heteroatoms. The number of nitrogens with zero attached hydrogens (tertiary/aromatic N) is 2. The van der Waals surface area contributed by atoms with E-state index < -0.39 is 23.6 Å². The Kier molecular flexibility index (Phi) is 6.50. The number of amides is 2. The van der Waals surface area contributed by atoms with E-state index in [0.717, 1.165) is 16.5 Å². The molecule has 1 aromatic heterocycles. The van der Waals surface area contributed by atoms with Crippen molar-refractivity contribution in [2.75, 3.05) is 0 Å². The number of carbonyl (C=O) groups excluding carboxylic acids is 2. The van der Waals surface area contributed by atoms with Crippen molar-refractivity contribution in [2.24, 2.45) is 11.0 Å². The molecule has 144 valence electrons. The molecule has 0 aliphatic rings. The van der Waals surface area contributed by atoms with Gasteiger partial charge in [-0.05, 0) is 50.5 Å². The fourth-order valence-electron chi connectivity index (χ4n) is 2.38. The van der Waals surface area contributed by atoms with E-state index in [9.17, 15) is 9.59 Å². The molecule has 0 fully saturated rings. The molecule has 0 radical (unpaired) electrons. The average Bonchev–Trinajstić information content (AvgIpc) is 2.57. The van der Waals surface area contributed by atoms with Gasteiger partial charge in [0, 0.05) is 11.6 Å². The maximum absolute atomic E-state index is 12.4. The Hall–Kier alpha value is -2.96. The third kappa shape index (κ3) is 6.36. The molecular weight excluding hydrogens is 344 g/mol. The number of aromatic nitrogens is 1. The van der Waals surface area contributed by atoms with Crippen LogP contribution in [0.5, 0.6) is 0 Å². The molecule has 2 aromatic rings. The van der Waals surface area contributed by atoms with E-state index in [-0.39, 0.29) is 5.92 Å². The first-order valence-corrected chi connectivity index (χ1v) is 8.83. The summed E-state index contributed by atoms with van der Waals surface area (Å²) in [6, 6.07) is 8.75. The predicted molar refractivity (Wildman–Crippen MR) is 105 cm³/mol. The van der Waals surface area contributed by atoms with E-state index in [1.165, 1.54) is 0 Å². The summed E-state index contributed by atoms with van der Waals surface area (Å²) in [5.74, 6) is -0.533. The third-order valence-corrected chi connectivity index (χ3v) is 3.64. The second kappa shape index (κ2) is 8.62. The number of rotatable bonds is 5. The Bertz CT molecular complexity index is 840. The van der Waals surface area contributed by atoms with Gasteiger partial charge in [0.15, 0.2) is 0 Å². The number of carbonyl (C=O) groups is 2. The highest BCUT2D eigenvalue weighted by molar-refractivity contribution is 5.90. The van der Waals surface area contributed by atoms with Gasteiger partial charge in [0.2, 0.25) is 0 Å². The molecule has 7 nitrogen and oxygen atoms in total. The zero-order valence-corrected chi connectivity index (χ0v) is 16.3. The fraction of sp³-hybridized carbons (Fsp3) is 0.400. The van der Waals surface area contributed by atoms with Gasteiger partial charge in [-0.1, -0.05) is 26.0 Å². The van der Waals surface area contributed by atoms with Crippen LogP contribution in [0.4, 0.5) is 4.79 Å². The fourth-order valence-corrected chi connectivity index (χ4v) is 2.38. The molecule has 0 bridgehead atoms. The van der Waals surface area contributed by atoms with Crippen molar-refractivity contribution in [3.63, 3.8) is 0 Å². The van der Waals surface area contributed by atoms with Gasteiger partial charge in [-0.25, -0.2) is 10.2 Å². The van der Waals surface area contributed by atoms with Crippen molar-refractivity contribution in [1.82, 2.24) is 15.7 Å². The minimum Gasteiger partial charge on any atom is -0.444 e. The second-order valence-corrected chi connectivity index (χ2v) is 7.56. The van der Waals surface area contributed by atoms with E-state index in [4.69, 9.17) is 4.74 Å². The number of ether oxygens (including phenoxy) is 1. The van der Waals surface area contributed by atoms with Crippen LogP contribution < -0.4 is 10.7 Å². The van der Waals surface area contributed by atoms with Crippen molar-refractivity contribution in [1.29, 1.82) is 0 Å². The Morgan fingerprint density at radius 3 is 2.63 bits per heavy atom. The van der Waals surface area contributed by atoms with Gasteiger partial charge in [0.05, 0.1) is 11.7 Å². The van der Waals surface area contributed by atoms with Gasteiger partial charge in [-0.2, -0.15) is 5.10 Å². The molecule has 0 spiro atoms. The number of benzene rings is 1. The van der Waals surface area contributed by atoms with Crippen LogP contribution in [0, 0.1) is 5.92 Å². The number of hydrogen-bond donors (Lipinski definition) is 2. The molecule has 1 heterocycles. The third-order valence-electron chi connectivity index (χ3n) is 3.64. The van der Waals surface area contributed by atoms with Gasteiger partial charge in [0.25, 0.3) is 5.91 Å². The lowest BCUT2D eigenvalue weighted by molar-refractivity contribution is -0.124. The number of hydrogen-bond acceptors (Lipinski definition) is 5. The van der Waals surface area contributed by atoms with Gasteiger partial charge >= 0.3 is 6.09 Å². The molecule has 0 aliphatic heterocycles. The normalized spacial score (nSPS) is 13.0. The van der Waals surface area contributed by atoms with Crippen LogP contribution in [-0.4, -0.2) is 34.8 Å². The first kappa shape index (κ1) is 20.4. The molecule has 1 unspecified atom stereocenters. The number of hydrazone groups is 1. The van der Waals surface area contributed by atoms with E-state index in [0.29, 0.717) is 0 Å². The highest BCUT2D eigenvalue weighted by atomic mass is 16.6. The van der Waals surface area contributed by atoms with E-state index >= 15 is 0 Å². The van der Waals surface area contributed by atoms with Crippen LogP contribution in [0.2, 0.25) is 0 Å². The van der Waals surface area contributed by atoms with Crippen LogP contribution in [0.3, 0.4) is 0 Å². The number of fused-ring (bicyclic) bond motifs is 1. The van der Waals surface area contributed by atoms with Crippen LogP contribution in [0.15, 0.2) is 41.6 Å². The molecule has 0 aliphatic carbocycles. The maximum atomic E-state index is 12.4. The van der Waals surface area contributed by atoms with Crippen molar-refractivity contribution >= 4 is 29.1 Å². The Morgan fingerprint density at radius 1 is 1.22 bits per heavy atom. The molecule has 2 N–H and O–H groups in total. The number of alkyl carbamates (subject to hydrolysis) is 1. The first-order valence-electron chi connectivity index (χ1n) is 8.83. The lowest BCUT2D eigenvalue weighted by atomic mass is 10.0. The lowest BCUT2D eigenvalue weighted by Crippen LogP contribution is -2.49. The Balaban J connectivity index is 1.99. The Labute approximate surface area is 159 Å². The minimum atomic E-state index is -0.752. The van der Waals surface area contributed by atoms with Crippen molar-refractivity contribution in [2.45, 2.75) is 46.3 Å². The second-order valence-electron chi connectivity index (χ2n) is 7.56. The zero-order valence-electron chi connectivity index (χ0n) is 16.3. The molecule has 1 atom stereocenters. The molecule has 1 aromatic carbocycles. The Morgan fingerprint density at radius 2 is 1.96 bits per heavy atom. The van der Waals surface area contributed by atoms with Crippen molar-refractivity contribution < 1.29 is 14.3 Å². The summed E-state index contributed by atoms with van der Waals surface area (Å²) in [7, 11) is 0. The molecular formula is C20H26N4O3. The smallest absolute Gasteiger partial charge is 0.408 e. The zero-order chi connectivity index (χ0) is 20.0. The van der Waals surface area contributed by atoms with E-state index in [1.807, 2.05) is 44.2 Å². The SMILES string of the molecule is CC(C)C(NC(=O)OC(C)(C)C)C(=O)NN=Cc1ccc2ncccc2c1. The molecule has 2 rings (SSSR count). The first-order chi connectivity index (χ1) is 12.7. The van der Waals surface area contributed by atoms with Crippen LogP contribution in [0.1, 0.15) is 40.2 Å². The van der Waals surface area contributed by atoms with Gasteiger partial charge in [-0.15, -0.1) is 0 Å². The maximum Gasteiger partial charge on any atom is 0.408 e. The van der Waals surface area contributed by atoms with Crippen LogP contribution in [-0.2, 0) is 9.53 Å². The van der Waals surface area contributed by atoms with Gasteiger partial charge in [-0.3, -0.25) is 9.78 Å². The van der Waals surface area contributed by atoms with Gasteiger partial charge < -0.3 is 10.1 Å². The average molecular weight is 370 g/mol. The summed E-state index contributed by atoms with van der Waals surface area (Å²) in [4.78, 5) is 28.6. The highest BCUT2D eigenvalue weighted by Crippen LogP contribution is 2.12. The van der Waals surface area contributed by atoms with Crippen LogP contribution >= 0.6 is 0 Å². The quantitative estimate of drug-likeness (QED) is 0.624. The van der Waals surface area contributed by atoms with Crippen LogP contribution in [0.25, 0.3) is 10.9 Å². The molecule has 0 saturated heterocycles. The predicted octanol–water partition coefficient (Wildman–Crippen LogP) is 3.23. The summed E-state index contributed by atoms with van der Waals surface area (Å²) in [5.41, 5.74) is 3.56. The standard InChI is InChI=1S/C20H26N4O3/c1-13(2)17(23-19(26)27-20(3,4)5)18(25)24-22-12-14-8-9-16-15(11-14)7-6-10-21-16/h6-13,17H,1-5H3,(H,23,26)(H,24,25). The summed E-state index contributed by atoms with van der Waals surface area (Å²) >= 11 is 0. The number of nitrogens with one attached hydrogen (secondary N) is 2. The van der Waals surface area contributed by atoms with Gasteiger partial charge in [0.1, 0.15) is 11.6 Å². The molecule has 27 heavy (non-hydrogen) atoms. The summed E-state index contributed by atoms with van der Waals surface area (Å²) in [6.07, 6.45) is 2.65. The summed E-state index contributed by atoms with van der Waals surface area (Å²) in [5, 5.41) is 7.57. The molecule has 2 amide bonds. The topological polar surface area (TPSA) is 92.7 Å². The highest BCUT2D eigenvalue weighted by Gasteiger charge is 2.26. The van der Waals surface area contributed by atoms with E-state index in [2.05, 4.69) is 20.8 Å². The minimum absolute atomic E-state index is 0.125. The number of pyridine rings is 1. The lowest BCUT2D eigenvalue weighted by Gasteiger charge is -2.24. The largest absolute Gasteiger partial charge is 0.444 e. The van der Waals surface area contributed by atoms with E-state index in [1.54, 1.807) is 33.2 Å². The van der Waals surface area contributed by atoms with Crippen molar-refractivity contribution in [3.8, 4) is 0 Å².